The smallest absolute Gasteiger partial charge is 0.408 e. The Morgan fingerprint density at radius 1 is 0.900 bits per heavy atom. The van der Waals surface area contributed by atoms with Gasteiger partial charge in [0.05, 0.1) is 0 Å². The minimum absolute atomic E-state index is 0.108. The molecule has 0 spiro atoms. The first-order chi connectivity index (χ1) is 18.5. The van der Waals surface area contributed by atoms with E-state index < -0.39 is 29.3 Å². The number of carbonyl (C=O) groups excluding carboxylic acids is 3. The lowest BCUT2D eigenvalue weighted by molar-refractivity contribution is -0.148. The molecule has 0 heterocycles. The predicted molar refractivity (Wildman–Crippen MR) is 162 cm³/mol. The molecule has 0 saturated carbocycles. The van der Waals surface area contributed by atoms with E-state index in [-0.39, 0.29) is 17.7 Å². The molecule has 0 aliphatic carbocycles. The fourth-order valence-electron chi connectivity index (χ4n) is 4.63. The number of rotatable bonds is 10. The second kappa shape index (κ2) is 13.3. The monoisotopic (exact) mass is 551 g/mol. The van der Waals surface area contributed by atoms with Gasteiger partial charge in [-0.05, 0) is 90.8 Å². The van der Waals surface area contributed by atoms with Crippen LogP contribution in [-0.4, -0.2) is 40.0 Å². The molecule has 0 aliphatic rings. The van der Waals surface area contributed by atoms with Gasteiger partial charge in [0.1, 0.15) is 17.7 Å². The fourth-order valence-corrected chi connectivity index (χ4v) is 4.63. The number of para-hydroxylation sites is 1. The Hall–Kier alpha value is -3.35. The highest BCUT2D eigenvalue weighted by molar-refractivity contribution is 6.00. The van der Waals surface area contributed by atoms with Crippen LogP contribution in [-0.2, 0) is 14.3 Å². The number of hydrogen-bond acceptors (Lipinski definition) is 4. The molecular weight excluding hydrogens is 502 g/mol. The number of carbonyl (C=O) groups is 3. The molecule has 0 bridgehead atoms. The molecular formula is C33H49N3O4. The van der Waals surface area contributed by atoms with Gasteiger partial charge in [0.25, 0.3) is 5.91 Å². The van der Waals surface area contributed by atoms with E-state index >= 15 is 0 Å². The van der Waals surface area contributed by atoms with Gasteiger partial charge in [-0.3, -0.25) is 9.59 Å². The molecule has 2 unspecified atom stereocenters. The van der Waals surface area contributed by atoms with Crippen molar-refractivity contribution in [3.05, 3.63) is 64.7 Å². The number of nitrogens with zero attached hydrogens (tertiary/aromatic N) is 1. The summed E-state index contributed by atoms with van der Waals surface area (Å²) in [5.41, 5.74) is 2.93. The molecule has 2 aromatic rings. The molecule has 3 amide bonds. The van der Waals surface area contributed by atoms with Crippen LogP contribution < -0.4 is 10.6 Å². The van der Waals surface area contributed by atoms with E-state index in [4.69, 9.17) is 4.74 Å². The zero-order chi connectivity index (χ0) is 30.4. The van der Waals surface area contributed by atoms with Gasteiger partial charge in [-0.2, -0.15) is 0 Å². The second-order valence-electron chi connectivity index (χ2n) is 12.8. The maximum atomic E-state index is 14.5. The van der Waals surface area contributed by atoms with Gasteiger partial charge in [0, 0.05) is 11.2 Å². The average Bonchev–Trinajstić information content (AvgIpc) is 2.83. The van der Waals surface area contributed by atoms with Crippen molar-refractivity contribution in [2.75, 3.05) is 5.32 Å². The number of amides is 3. The number of ether oxygens (including phenoxy) is 1. The van der Waals surface area contributed by atoms with E-state index in [0.717, 1.165) is 22.4 Å². The topological polar surface area (TPSA) is 87.7 Å². The largest absolute Gasteiger partial charge is 0.444 e. The minimum Gasteiger partial charge on any atom is -0.444 e. The zero-order valence-electron chi connectivity index (χ0n) is 26.3. The summed E-state index contributed by atoms with van der Waals surface area (Å²) in [7, 11) is 0. The van der Waals surface area contributed by atoms with Crippen LogP contribution in [0.3, 0.4) is 0 Å². The van der Waals surface area contributed by atoms with Crippen LogP contribution in [0.15, 0.2) is 42.5 Å². The molecule has 0 aliphatic heterocycles. The van der Waals surface area contributed by atoms with Gasteiger partial charge in [0.2, 0.25) is 5.91 Å². The van der Waals surface area contributed by atoms with Crippen LogP contribution in [0.5, 0.6) is 0 Å². The molecule has 2 aromatic carbocycles. The summed E-state index contributed by atoms with van der Waals surface area (Å²) >= 11 is 0. The molecule has 0 aromatic heterocycles. The van der Waals surface area contributed by atoms with Crippen LogP contribution >= 0.6 is 0 Å². The summed E-state index contributed by atoms with van der Waals surface area (Å²) in [6.07, 6.45) is 0.333. The van der Waals surface area contributed by atoms with Crippen LogP contribution in [0.25, 0.3) is 0 Å². The van der Waals surface area contributed by atoms with E-state index in [0.29, 0.717) is 18.4 Å². The van der Waals surface area contributed by atoms with Crippen LogP contribution in [0.1, 0.15) is 96.5 Å². The van der Waals surface area contributed by atoms with Crippen LogP contribution in [0.4, 0.5) is 10.5 Å². The van der Waals surface area contributed by atoms with Crippen molar-refractivity contribution in [3.63, 3.8) is 0 Å². The summed E-state index contributed by atoms with van der Waals surface area (Å²) in [5, 5.41) is 5.95. The third-order valence-corrected chi connectivity index (χ3v) is 7.08. The van der Waals surface area contributed by atoms with Crippen molar-refractivity contribution in [2.45, 2.75) is 112 Å². The molecule has 2 rings (SSSR count). The van der Waals surface area contributed by atoms with Gasteiger partial charge in [-0.1, -0.05) is 68.8 Å². The molecule has 40 heavy (non-hydrogen) atoms. The number of alkyl carbamates (subject to hydrolysis) is 1. The Kier molecular flexibility index (Phi) is 11.0. The Bertz CT molecular complexity index is 1160. The summed E-state index contributed by atoms with van der Waals surface area (Å²) < 4.78 is 5.50. The summed E-state index contributed by atoms with van der Waals surface area (Å²) in [4.78, 5) is 43.3. The molecule has 0 saturated heterocycles. The molecule has 0 radical (unpaired) electrons. The van der Waals surface area contributed by atoms with Crippen molar-refractivity contribution in [2.24, 2.45) is 5.92 Å². The van der Waals surface area contributed by atoms with E-state index in [2.05, 4.69) is 10.6 Å². The Morgan fingerprint density at radius 2 is 1.45 bits per heavy atom. The number of aryl methyl sites for hydroxylation is 3. The van der Waals surface area contributed by atoms with Gasteiger partial charge < -0.3 is 20.3 Å². The van der Waals surface area contributed by atoms with Crippen molar-refractivity contribution >= 4 is 23.6 Å². The first-order valence-electron chi connectivity index (χ1n) is 14.2. The lowest BCUT2D eigenvalue weighted by Crippen LogP contribution is -2.59. The van der Waals surface area contributed by atoms with Crippen LogP contribution in [0.2, 0.25) is 0 Å². The SMILES string of the molecule is CCC(C)(C)N(C(=O)C(CC(C)C)NC(=O)OC(C)(C)C)C(C(=O)Nc1c(C)cccc1C)c1ccc(C)cc1. The first kappa shape index (κ1) is 32.9. The highest BCUT2D eigenvalue weighted by Crippen LogP contribution is 2.34. The van der Waals surface area contributed by atoms with E-state index in [1.165, 1.54) is 0 Å². The lowest BCUT2D eigenvalue weighted by Gasteiger charge is -2.45. The van der Waals surface area contributed by atoms with Crippen LogP contribution in [0, 0.1) is 26.7 Å². The quantitative estimate of drug-likeness (QED) is 0.326. The molecule has 7 nitrogen and oxygen atoms in total. The van der Waals surface area contributed by atoms with E-state index in [9.17, 15) is 14.4 Å². The molecule has 0 fully saturated rings. The fraction of sp³-hybridized carbons (Fsp3) is 0.545. The van der Waals surface area contributed by atoms with Gasteiger partial charge in [0.15, 0.2) is 0 Å². The summed E-state index contributed by atoms with van der Waals surface area (Å²) in [6, 6.07) is 11.7. The van der Waals surface area contributed by atoms with Crippen molar-refractivity contribution in [3.8, 4) is 0 Å². The number of anilines is 1. The van der Waals surface area contributed by atoms with E-state index in [1.54, 1.807) is 25.7 Å². The number of hydrogen-bond donors (Lipinski definition) is 2. The van der Waals surface area contributed by atoms with Crippen molar-refractivity contribution in [1.82, 2.24) is 10.2 Å². The highest BCUT2D eigenvalue weighted by atomic mass is 16.6. The first-order valence-corrected chi connectivity index (χ1v) is 14.2. The third kappa shape index (κ3) is 8.83. The molecule has 7 heteroatoms. The van der Waals surface area contributed by atoms with Crippen molar-refractivity contribution in [1.29, 1.82) is 0 Å². The average molecular weight is 552 g/mol. The highest BCUT2D eigenvalue weighted by Gasteiger charge is 2.43. The zero-order valence-corrected chi connectivity index (χ0v) is 26.3. The summed E-state index contributed by atoms with van der Waals surface area (Å²) in [6.45, 7) is 21.1. The second-order valence-corrected chi connectivity index (χ2v) is 12.8. The normalized spacial score (nSPS) is 13.4. The van der Waals surface area contributed by atoms with E-state index in [1.807, 2.05) is 97.9 Å². The number of benzene rings is 2. The molecule has 220 valence electrons. The maximum absolute atomic E-state index is 14.5. The molecule has 2 N–H and O–H groups in total. The third-order valence-electron chi connectivity index (χ3n) is 7.08. The maximum Gasteiger partial charge on any atom is 0.408 e. The molecule has 2 atom stereocenters. The van der Waals surface area contributed by atoms with Gasteiger partial charge in [-0.25, -0.2) is 4.79 Å². The van der Waals surface area contributed by atoms with Gasteiger partial charge >= 0.3 is 6.09 Å². The van der Waals surface area contributed by atoms with Crippen molar-refractivity contribution < 1.29 is 19.1 Å². The Balaban J connectivity index is 2.67. The minimum atomic E-state index is -0.933. The Morgan fingerprint density at radius 3 is 1.93 bits per heavy atom. The van der Waals surface area contributed by atoms with Gasteiger partial charge in [-0.15, -0.1) is 0 Å². The summed E-state index contributed by atoms with van der Waals surface area (Å²) in [5.74, 6) is -0.526. The standard InChI is InChI=1S/C33H49N3O4/c1-12-33(10,11)36(30(38)26(20-21(2)3)34-31(39)40-32(7,8)9)28(25-18-16-22(4)17-19-25)29(37)35-27-23(5)14-13-15-24(27)6/h13-19,21,26,28H,12,20H2,1-11H3,(H,34,39)(H,35,37). The lowest BCUT2D eigenvalue weighted by atomic mass is 9.90. The number of nitrogens with one attached hydrogen (secondary N) is 2. The predicted octanol–water partition coefficient (Wildman–Crippen LogP) is 7.25. The Labute approximate surface area is 241 Å².